The molecule has 3 aliphatic heterocycles. The fraction of sp³-hybridized carbons (Fsp3) is 0.800. The first-order valence-electron chi connectivity index (χ1n) is 10.6. The number of hydrogen-bond acceptors (Lipinski definition) is 5. The maximum Gasteiger partial charge on any atom is 0.244 e. The van der Waals surface area contributed by atoms with E-state index in [1.54, 1.807) is 4.68 Å². The van der Waals surface area contributed by atoms with Crippen molar-refractivity contribution in [3.8, 4) is 0 Å². The van der Waals surface area contributed by atoms with Gasteiger partial charge >= 0.3 is 0 Å². The Balaban J connectivity index is 1.42. The highest BCUT2D eigenvalue weighted by Gasteiger charge is 2.41. The molecule has 8 nitrogen and oxygen atoms in total. The average molecular weight is 390 g/mol. The van der Waals surface area contributed by atoms with E-state index < -0.39 is 0 Å². The Kier molecular flexibility index (Phi) is 5.66. The van der Waals surface area contributed by atoms with Crippen LogP contribution in [0.3, 0.4) is 0 Å². The Morgan fingerprint density at radius 3 is 2.68 bits per heavy atom. The SMILES string of the molecule is Cc1nc(C)n(CC(=O)N2CCCC[C@H]3CN(C(=O)CC4CCCO4)C[C@H]32)n1. The summed E-state index contributed by atoms with van der Waals surface area (Å²) in [5.74, 6) is 2.08. The summed E-state index contributed by atoms with van der Waals surface area (Å²) in [6, 6.07) is 0.119. The van der Waals surface area contributed by atoms with E-state index in [4.69, 9.17) is 4.74 Å². The number of carbonyl (C=O) groups excluding carboxylic acids is 2. The van der Waals surface area contributed by atoms with E-state index in [2.05, 4.69) is 10.1 Å². The normalized spacial score (nSPS) is 27.7. The Morgan fingerprint density at radius 1 is 1.11 bits per heavy atom. The molecule has 0 aliphatic carbocycles. The molecule has 28 heavy (non-hydrogen) atoms. The fourth-order valence-corrected chi connectivity index (χ4v) is 4.92. The number of aromatic nitrogens is 3. The van der Waals surface area contributed by atoms with E-state index in [1.807, 2.05) is 23.6 Å². The van der Waals surface area contributed by atoms with Gasteiger partial charge in [-0.1, -0.05) is 6.42 Å². The molecule has 4 heterocycles. The van der Waals surface area contributed by atoms with Crippen molar-refractivity contribution >= 4 is 11.8 Å². The summed E-state index contributed by atoms with van der Waals surface area (Å²) in [6.45, 7) is 6.88. The van der Waals surface area contributed by atoms with E-state index in [-0.39, 0.29) is 30.5 Å². The lowest BCUT2D eigenvalue weighted by atomic mass is 9.98. The molecule has 3 fully saturated rings. The van der Waals surface area contributed by atoms with Gasteiger partial charge in [0.2, 0.25) is 11.8 Å². The standard InChI is InChI=1S/C20H31N5O3/c1-14-21-15(2)25(22-14)13-20(27)24-8-4-3-6-16-11-23(12-18(16)24)19(26)10-17-7-5-9-28-17/h16-18H,3-13H2,1-2H3/t16-,17?,18+/m0/s1. The molecule has 4 rings (SSSR count). The number of fused-ring (bicyclic) bond motifs is 1. The Hall–Kier alpha value is -1.96. The number of aryl methyl sites for hydroxylation is 2. The molecule has 0 bridgehead atoms. The minimum Gasteiger partial charge on any atom is -0.378 e. The molecule has 1 aromatic rings. The van der Waals surface area contributed by atoms with Gasteiger partial charge in [0.15, 0.2) is 0 Å². The lowest BCUT2D eigenvalue weighted by Gasteiger charge is -2.30. The van der Waals surface area contributed by atoms with Gasteiger partial charge in [-0.05, 0) is 45.4 Å². The second-order valence-corrected chi connectivity index (χ2v) is 8.41. The second kappa shape index (κ2) is 8.19. The number of amides is 2. The van der Waals surface area contributed by atoms with Crippen LogP contribution >= 0.6 is 0 Å². The van der Waals surface area contributed by atoms with Crippen LogP contribution in [0.1, 0.15) is 50.2 Å². The summed E-state index contributed by atoms with van der Waals surface area (Å²) in [5.41, 5.74) is 0. The summed E-state index contributed by atoms with van der Waals surface area (Å²) in [7, 11) is 0. The molecule has 3 atom stereocenters. The van der Waals surface area contributed by atoms with Crippen LogP contribution in [-0.2, 0) is 20.9 Å². The molecule has 3 aliphatic rings. The Labute approximate surface area is 166 Å². The van der Waals surface area contributed by atoms with Gasteiger partial charge in [0, 0.05) is 26.2 Å². The van der Waals surface area contributed by atoms with Crippen molar-refractivity contribution in [2.45, 2.75) is 71.1 Å². The van der Waals surface area contributed by atoms with E-state index in [0.29, 0.717) is 24.7 Å². The minimum atomic E-state index is 0.0779. The average Bonchev–Trinajstić information content (AvgIpc) is 3.34. The molecule has 0 aromatic carbocycles. The van der Waals surface area contributed by atoms with Crippen molar-refractivity contribution < 1.29 is 14.3 Å². The molecule has 0 saturated carbocycles. The monoisotopic (exact) mass is 389 g/mol. The summed E-state index contributed by atoms with van der Waals surface area (Å²) in [5, 5.41) is 4.33. The lowest BCUT2D eigenvalue weighted by Crippen LogP contribution is -2.46. The number of rotatable bonds is 4. The first-order chi connectivity index (χ1) is 13.5. The zero-order valence-corrected chi connectivity index (χ0v) is 17.0. The molecular weight excluding hydrogens is 358 g/mol. The van der Waals surface area contributed by atoms with Gasteiger partial charge in [0.05, 0.1) is 18.6 Å². The van der Waals surface area contributed by atoms with Gasteiger partial charge in [-0.25, -0.2) is 9.67 Å². The van der Waals surface area contributed by atoms with E-state index >= 15 is 0 Å². The number of nitrogens with zero attached hydrogens (tertiary/aromatic N) is 5. The van der Waals surface area contributed by atoms with Crippen molar-refractivity contribution in [3.63, 3.8) is 0 Å². The maximum absolute atomic E-state index is 13.1. The minimum absolute atomic E-state index is 0.0779. The molecule has 3 saturated heterocycles. The molecule has 2 amide bonds. The van der Waals surface area contributed by atoms with Crippen molar-refractivity contribution in [1.29, 1.82) is 0 Å². The second-order valence-electron chi connectivity index (χ2n) is 8.41. The zero-order valence-electron chi connectivity index (χ0n) is 17.0. The third kappa shape index (κ3) is 4.06. The third-order valence-corrected chi connectivity index (χ3v) is 6.38. The smallest absolute Gasteiger partial charge is 0.244 e. The van der Waals surface area contributed by atoms with Gasteiger partial charge in [0.25, 0.3) is 0 Å². The van der Waals surface area contributed by atoms with Gasteiger partial charge in [-0.3, -0.25) is 9.59 Å². The topological polar surface area (TPSA) is 80.6 Å². The molecule has 8 heteroatoms. The molecule has 0 radical (unpaired) electrons. The van der Waals surface area contributed by atoms with Crippen molar-refractivity contribution in [2.75, 3.05) is 26.2 Å². The molecule has 154 valence electrons. The van der Waals surface area contributed by atoms with Crippen molar-refractivity contribution in [3.05, 3.63) is 11.6 Å². The number of carbonyl (C=O) groups is 2. The van der Waals surface area contributed by atoms with Gasteiger partial charge in [0.1, 0.15) is 18.2 Å². The first-order valence-corrected chi connectivity index (χ1v) is 10.6. The molecular formula is C20H31N5O3. The fourth-order valence-electron chi connectivity index (χ4n) is 4.92. The summed E-state index contributed by atoms with van der Waals surface area (Å²) in [6.07, 6.45) is 5.80. The number of ether oxygens (including phenoxy) is 1. The highest BCUT2D eigenvalue weighted by molar-refractivity contribution is 5.78. The quantitative estimate of drug-likeness (QED) is 0.776. The molecule has 0 spiro atoms. The summed E-state index contributed by atoms with van der Waals surface area (Å²) in [4.78, 5) is 34.1. The predicted octanol–water partition coefficient (Wildman–Crippen LogP) is 1.30. The zero-order chi connectivity index (χ0) is 19.7. The highest BCUT2D eigenvalue weighted by Crippen LogP contribution is 2.31. The Bertz CT molecular complexity index is 727. The number of likely N-dealkylation sites (tertiary alicyclic amines) is 2. The Morgan fingerprint density at radius 2 is 1.96 bits per heavy atom. The molecule has 1 unspecified atom stereocenters. The van der Waals surface area contributed by atoms with E-state index in [1.165, 1.54) is 0 Å². The van der Waals surface area contributed by atoms with Crippen LogP contribution in [0.15, 0.2) is 0 Å². The number of hydrogen-bond donors (Lipinski definition) is 0. The van der Waals surface area contributed by atoms with Crippen LogP contribution in [0.4, 0.5) is 0 Å². The maximum atomic E-state index is 13.1. The van der Waals surface area contributed by atoms with Crippen molar-refractivity contribution in [2.24, 2.45) is 5.92 Å². The van der Waals surface area contributed by atoms with Crippen LogP contribution in [0, 0.1) is 19.8 Å². The van der Waals surface area contributed by atoms with Crippen molar-refractivity contribution in [1.82, 2.24) is 24.6 Å². The van der Waals surface area contributed by atoms with Gasteiger partial charge in [-0.2, -0.15) is 5.10 Å². The molecule has 1 aromatic heterocycles. The van der Waals surface area contributed by atoms with Gasteiger partial charge in [-0.15, -0.1) is 0 Å². The lowest BCUT2D eigenvalue weighted by molar-refractivity contribution is -0.136. The van der Waals surface area contributed by atoms with E-state index in [0.717, 1.165) is 57.6 Å². The third-order valence-electron chi connectivity index (χ3n) is 6.38. The predicted molar refractivity (Wildman–Crippen MR) is 103 cm³/mol. The van der Waals surface area contributed by atoms with Crippen LogP contribution in [0.25, 0.3) is 0 Å². The largest absolute Gasteiger partial charge is 0.378 e. The summed E-state index contributed by atoms with van der Waals surface area (Å²) < 4.78 is 7.32. The summed E-state index contributed by atoms with van der Waals surface area (Å²) >= 11 is 0. The van der Waals surface area contributed by atoms with Crippen LogP contribution in [-0.4, -0.2) is 74.8 Å². The van der Waals surface area contributed by atoms with Crippen LogP contribution in [0.5, 0.6) is 0 Å². The van der Waals surface area contributed by atoms with Crippen LogP contribution < -0.4 is 0 Å². The van der Waals surface area contributed by atoms with Gasteiger partial charge < -0.3 is 14.5 Å². The highest BCUT2D eigenvalue weighted by atomic mass is 16.5. The van der Waals surface area contributed by atoms with Crippen LogP contribution in [0.2, 0.25) is 0 Å². The first kappa shape index (κ1) is 19.4. The molecule has 0 N–H and O–H groups in total. The van der Waals surface area contributed by atoms with E-state index in [9.17, 15) is 9.59 Å².